The number of H-pyrrole nitrogens is 2. The number of benzene rings is 1. The first-order valence-corrected chi connectivity index (χ1v) is 7.20. The molecule has 3 N–H and O–H groups in total. The van der Waals surface area contributed by atoms with Gasteiger partial charge in [-0.05, 0) is 24.4 Å². The Labute approximate surface area is 140 Å². The van der Waals surface area contributed by atoms with E-state index in [1.807, 2.05) is 0 Å². The highest BCUT2D eigenvalue weighted by atomic mass is 35.5. The summed E-state index contributed by atoms with van der Waals surface area (Å²) in [6.07, 6.45) is 1.28. The predicted octanol–water partition coefficient (Wildman–Crippen LogP) is 2.43. The molecule has 0 bridgehead atoms. The van der Waals surface area contributed by atoms with Crippen molar-refractivity contribution >= 4 is 47.5 Å². The van der Waals surface area contributed by atoms with Gasteiger partial charge in [-0.3, -0.25) is 14.6 Å². The summed E-state index contributed by atoms with van der Waals surface area (Å²) in [6.45, 7) is 0. The largest absolute Gasteiger partial charge is 0.335 e. The molecule has 0 aliphatic heterocycles. The zero-order valence-electron chi connectivity index (χ0n) is 11.0. The molecule has 22 heavy (non-hydrogen) atoms. The fourth-order valence-electron chi connectivity index (χ4n) is 1.63. The first-order valence-electron chi connectivity index (χ1n) is 6.04. The van der Waals surface area contributed by atoms with E-state index < -0.39 is 5.91 Å². The van der Waals surface area contributed by atoms with Crippen LogP contribution in [0.4, 0.5) is 0 Å². The molecular formula is C13H10Cl2N4O2S. The number of aromatic nitrogens is 2. The van der Waals surface area contributed by atoms with Gasteiger partial charge in [0.1, 0.15) is 0 Å². The Bertz CT molecular complexity index is 796. The maximum atomic E-state index is 11.7. The van der Waals surface area contributed by atoms with E-state index in [0.717, 1.165) is 0 Å². The van der Waals surface area contributed by atoms with Gasteiger partial charge in [-0.1, -0.05) is 29.3 Å². The molecule has 9 heteroatoms. The number of halogens is 2. The van der Waals surface area contributed by atoms with Gasteiger partial charge in [-0.2, -0.15) is 5.10 Å². The minimum Gasteiger partial charge on any atom is -0.335 e. The Morgan fingerprint density at radius 1 is 1.32 bits per heavy atom. The molecule has 1 aromatic carbocycles. The number of hydrogen-bond acceptors (Lipinski definition) is 4. The fraction of sp³-hybridized carbons (Fsp3) is 0.0769. The summed E-state index contributed by atoms with van der Waals surface area (Å²) in [6, 6.07) is 6.28. The number of nitrogens with zero attached hydrogens (tertiary/aromatic N) is 1. The van der Waals surface area contributed by atoms with Crippen molar-refractivity contribution in [3.05, 3.63) is 60.7 Å². The Morgan fingerprint density at radius 2 is 2.00 bits per heavy atom. The summed E-state index contributed by atoms with van der Waals surface area (Å²) in [7, 11) is 0. The molecule has 0 saturated carbocycles. The number of amides is 1. The number of carbonyl (C=O) groups is 1. The average molecular weight is 357 g/mol. The Kier molecular flexibility index (Phi) is 5.48. The summed E-state index contributed by atoms with van der Waals surface area (Å²) in [5.74, 6) is -0.421. The molecule has 0 aliphatic carbocycles. The van der Waals surface area contributed by atoms with E-state index in [1.165, 1.54) is 12.3 Å². The van der Waals surface area contributed by atoms with Crippen molar-refractivity contribution in [1.29, 1.82) is 0 Å². The lowest BCUT2D eigenvalue weighted by Crippen LogP contribution is -2.21. The molecule has 0 fully saturated rings. The summed E-state index contributed by atoms with van der Waals surface area (Å²) >= 11 is 16.8. The molecule has 114 valence electrons. The lowest BCUT2D eigenvalue weighted by atomic mass is 10.2. The molecular weight excluding hydrogens is 347 g/mol. The predicted molar refractivity (Wildman–Crippen MR) is 88.2 cm³/mol. The first kappa shape index (κ1) is 16.4. The van der Waals surface area contributed by atoms with E-state index in [1.54, 1.807) is 18.2 Å². The molecule has 1 heterocycles. The Balaban J connectivity index is 2.02. The molecule has 0 aliphatic rings. The lowest BCUT2D eigenvalue weighted by Gasteiger charge is -2.02. The highest BCUT2D eigenvalue weighted by Gasteiger charge is 2.05. The van der Waals surface area contributed by atoms with Crippen LogP contribution < -0.4 is 11.0 Å². The van der Waals surface area contributed by atoms with Gasteiger partial charge in [0.2, 0.25) is 5.91 Å². The highest BCUT2D eigenvalue weighted by Crippen LogP contribution is 2.21. The zero-order valence-corrected chi connectivity index (χ0v) is 13.4. The number of nitrogens with one attached hydrogen (secondary N) is 3. The monoisotopic (exact) mass is 356 g/mol. The maximum Gasteiger partial charge on any atom is 0.251 e. The van der Waals surface area contributed by atoms with Crippen LogP contribution in [0.15, 0.2) is 34.2 Å². The number of carbonyl (C=O) groups excluding carboxylic acids is 1. The molecule has 2 aromatic rings. The standard InChI is InChI=1S/C13H10Cl2N4O2S/c14-9-2-1-3-10(15)8(9)6-16-19-12(21)5-7-4-11(20)18-13(22)17-7/h1-4,6H,5H2,(H,19,21)(H2,17,18,20,22)/b16-6-. The van der Waals surface area contributed by atoms with Gasteiger partial charge in [0.25, 0.3) is 5.56 Å². The van der Waals surface area contributed by atoms with Crippen LogP contribution in [-0.2, 0) is 11.2 Å². The van der Waals surface area contributed by atoms with Crippen molar-refractivity contribution < 1.29 is 4.79 Å². The van der Waals surface area contributed by atoms with Crippen molar-refractivity contribution in [3.63, 3.8) is 0 Å². The summed E-state index contributed by atoms with van der Waals surface area (Å²) in [4.78, 5) is 28.1. The third-order valence-corrected chi connectivity index (χ3v) is 3.41. The van der Waals surface area contributed by atoms with Crippen LogP contribution in [0, 0.1) is 4.77 Å². The molecule has 1 aromatic heterocycles. The van der Waals surface area contributed by atoms with Crippen LogP contribution >= 0.6 is 35.4 Å². The van der Waals surface area contributed by atoms with Gasteiger partial charge < -0.3 is 4.98 Å². The molecule has 0 unspecified atom stereocenters. The topological polar surface area (TPSA) is 90.1 Å². The van der Waals surface area contributed by atoms with Crippen molar-refractivity contribution in [1.82, 2.24) is 15.4 Å². The van der Waals surface area contributed by atoms with Crippen LogP contribution in [0.5, 0.6) is 0 Å². The number of aromatic amines is 2. The van der Waals surface area contributed by atoms with Crippen LogP contribution in [0.1, 0.15) is 11.3 Å². The normalized spacial score (nSPS) is 10.8. The third kappa shape index (κ3) is 4.52. The van der Waals surface area contributed by atoms with Crippen molar-refractivity contribution in [2.24, 2.45) is 5.10 Å². The van der Waals surface area contributed by atoms with E-state index in [4.69, 9.17) is 35.4 Å². The van der Waals surface area contributed by atoms with Crippen molar-refractivity contribution in [3.8, 4) is 0 Å². The second-order valence-electron chi connectivity index (χ2n) is 4.22. The molecule has 0 atom stereocenters. The van der Waals surface area contributed by atoms with E-state index in [9.17, 15) is 9.59 Å². The van der Waals surface area contributed by atoms with E-state index in [-0.39, 0.29) is 16.8 Å². The van der Waals surface area contributed by atoms with Crippen LogP contribution in [0.3, 0.4) is 0 Å². The Morgan fingerprint density at radius 3 is 2.64 bits per heavy atom. The summed E-state index contributed by atoms with van der Waals surface area (Å²) in [5, 5.41) is 4.63. The average Bonchev–Trinajstić information content (AvgIpc) is 2.41. The number of hydrogen-bond donors (Lipinski definition) is 3. The highest BCUT2D eigenvalue weighted by molar-refractivity contribution is 7.71. The summed E-state index contributed by atoms with van der Waals surface area (Å²) < 4.78 is 0.154. The summed E-state index contributed by atoms with van der Waals surface area (Å²) in [5.41, 5.74) is 2.83. The van der Waals surface area contributed by atoms with Crippen LogP contribution in [0.25, 0.3) is 0 Å². The van der Waals surface area contributed by atoms with Gasteiger partial charge in [-0.15, -0.1) is 0 Å². The van der Waals surface area contributed by atoms with Gasteiger partial charge in [-0.25, -0.2) is 5.43 Å². The second kappa shape index (κ2) is 7.35. The Hall–Kier alpha value is -1.96. The second-order valence-corrected chi connectivity index (χ2v) is 5.44. The SMILES string of the molecule is O=C(Cc1cc(=O)[nH]c(=S)[nH]1)N/N=C\c1c(Cl)cccc1Cl. The van der Waals surface area contributed by atoms with E-state index in [0.29, 0.717) is 21.3 Å². The quantitative estimate of drug-likeness (QED) is 0.446. The van der Waals surface area contributed by atoms with Crippen molar-refractivity contribution in [2.75, 3.05) is 0 Å². The minimum atomic E-state index is -0.421. The lowest BCUT2D eigenvalue weighted by molar-refractivity contribution is -0.120. The van der Waals surface area contributed by atoms with Gasteiger partial charge >= 0.3 is 0 Å². The van der Waals surface area contributed by atoms with Crippen molar-refractivity contribution in [2.45, 2.75) is 6.42 Å². The third-order valence-electron chi connectivity index (χ3n) is 2.55. The van der Waals surface area contributed by atoms with E-state index in [2.05, 4.69) is 20.5 Å². The van der Waals surface area contributed by atoms with E-state index >= 15 is 0 Å². The van der Waals surface area contributed by atoms with Crippen LogP contribution in [0.2, 0.25) is 10.0 Å². The molecule has 0 radical (unpaired) electrons. The first-order chi connectivity index (χ1) is 10.5. The molecule has 0 spiro atoms. The number of rotatable bonds is 4. The zero-order chi connectivity index (χ0) is 16.1. The maximum absolute atomic E-state index is 11.7. The number of hydrazone groups is 1. The molecule has 1 amide bonds. The molecule has 2 rings (SSSR count). The minimum absolute atomic E-state index is 0.0683. The van der Waals surface area contributed by atoms with Crippen LogP contribution in [-0.4, -0.2) is 22.1 Å². The molecule has 6 nitrogen and oxygen atoms in total. The fourth-order valence-corrected chi connectivity index (χ4v) is 2.36. The smallest absolute Gasteiger partial charge is 0.251 e. The molecule has 0 saturated heterocycles. The van der Waals surface area contributed by atoms with Gasteiger partial charge in [0.05, 0.1) is 22.7 Å². The van der Waals surface area contributed by atoms with Gasteiger partial charge in [0, 0.05) is 17.3 Å². The van der Waals surface area contributed by atoms with Gasteiger partial charge in [0.15, 0.2) is 4.77 Å².